The molecule has 54 valence electrons. The van der Waals surface area contributed by atoms with E-state index in [-0.39, 0.29) is 6.04 Å². The molecule has 1 aromatic rings. The van der Waals surface area contributed by atoms with Crippen molar-refractivity contribution >= 4 is 0 Å². The van der Waals surface area contributed by atoms with Gasteiger partial charge in [-0.25, -0.2) is 4.98 Å². The van der Waals surface area contributed by atoms with Crippen molar-refractivity contribution in [2.75, 3.05) is 0 Å². The van der Waals surface area contributed by atoms with Crippen LogP contribution in [0, 0.1) is 0 Å². The molecule has 1 rings (SSSR count). The molecule has 0 fully saturated rings. The molecule has 1 heterocycles. The van der Waals surface area contributed by atoms with Crippen molar-refractivity contribution < 1.29 is 0 Å². The van der Waals surface area contributed by atoms with Gasteiger partial charge in [0.1, 0.15) is 0 Å². The second-order valence-corrected chi connectivity index (χ2v) is 2.33. The highest BCUT2D eigenvalue weighted by molar-refractivity contribution is 5.14. The number of aromatic nitrogens is 2. The molecule has 1 aromatic heterocycles. The van der Waals surface area contributed by atoms with Gasteiger partial charge in [-0.1, -0.05) is 12.2 Å². The smallest absolute Gasteiger partial charge is 0.0922 e. The average molecular weight is 137 g/mol. The van der Waals surface area contributed by atoms with Crippen molar-refractivity contribution in [2.24, 2.45) is 5.73 Å². The number of hydrogen-bond acceptors (Lipinski definition) is 2. The highest BCUT2D eigenvalue weighted by atomic mass is 14.9. The maximum atomic E-state index is 5.71. The molecule has 0 aliphatic heterocycles. The van der Waals surface area contributed by atoms with Gasteiger partial charge in [0.05, 0.1) is 18.1 Å². The lowest BCUT2D eigenvalue weighted by Crippen LogP contribution is -2.10. The topological polar surface area (TPSA) is 54.7 Å². The summed E-state index contributed by atoms with van der Waals surface area (Å²) >= 11 is 0. The van der Waals surface area contributed by atoms with Crippen LogP contribution >= 0.6 is 0 Å². The largest absolute Gasteiger partial charge is 0.347 e. The first-order valence-electron chi connectivity index (χ1n) is 3.11. The average Bonchev–Trinajstić information content (AvgIpc) is 2.36. The molecule has 1 atom stereocenters. The fraction of sp³-hybridized carbons (Fsp3) is 0.286. The molecule has 0 aliphatic carbocycles. The zero-order valence-electron chi connectivity index (χ0n) is 5.96. The van der Waals surface area contributed by atoms with Crippen LogP contribution in [-0.2, 0) is 0 Å². The molecule has 3 heteroatoms. The fourth-order valence-corrected chi connectivity index (χ4v) is 0.702. The van der Waals surface area contributed by atoms with Crippen molar-refractivity contribution in [3.63, 3.8) is 0 Å². The Morgan fingerprint density at radius 2 is 2.60 bits per heavy atom. The minimum absolute atomic E-state index is 0.109. The van der Waals surface area contributed by atoms with Crippen molar-refractivity contribution in [1.29, 1.82) is 0 Å². The molecule has 3 N–H and O–H groups in total. The summed E-state index contributed by atoms with van der Waals surface area (Å²) in [7, 11) is 0. The van der Waals surface area contributed by atoms with Crippen molar-refractivity contribution in [3.8, 4) is 0 Å². The summed E-state index contributed by atoms with van der Waals surface area (Å²) in [6, 6.07) is -0.109. The van der Waals surface area contributed by atoms with Gasteiger partial charge in [-0.2, -0.15) is 0 Å². The number of nitrogens with two attached hydrogens (primary N) is 1. The van der Waals surface area contributed by atoms with Gasteiger partial charge in [-0.15, -0.1) is 0 Å². The van der Waals surface area contributed by atoms with Gasteiger partial charge in [-0.05, 0) is 6.92 Å². The number of imidazole rings is 1. The van der Waals surface area contributed by atoms with Crippen LogP contribution in [0.3, 0.4) is 0 Å². The minimum atomic E-state index is -0.109. The van der Waals surface area contributed by atoms with E-state index in [1.54, 1.807) is 12.5 Å². The lowest BCUT2D eigenvalue weighted by molar-refractivity contribution is 0.820. The Hall–Kier alpha value is -1.09. The minimum Gasteiger partial charge on any atom is -0.347 e. The summed E-state index contributed by atoms with van der Waals surface area (Å²) in [5, 5.41) is 0. The van der Waals surface area contributed by atoms with E-state index < -0.39 is 0 Å². The number of aromatic amines is 1. The lowest BCUT2D eigenvalue weighted by Gasteiger charge is -2.06. The van der Waals surface area contributed by atoms with Gasteiger partial charge < -0.3 is 10.7 Å². The van der Waals surface area contributed by atoms with Crippen LogP contribution in [0.2, 0.25) is 0 Å². The third-order valence-electron chi connectivity index (χ3n) is 1.39. The zero-order chi connectivity index (χ0) is 7.56. The molecule has 0 aliphatic rings. The Balaban J connectivity index is 2.77. The second-order valence-electron chi connectivity index (χ2n) is 2.33. The first-order chi connectivity index (χ1) is 4.72. The third-order valence-corrected chi connectivity index (χ3v) is 1.39. The maximum Gasteiger partial charge on any atom is 0.0922 e. The third kappa shape index (κ3) is 1.25. The van der Waals surface area contributed by atoms with Crippen LogP contribution in [0.1, 0.15) is 18.7 Å². The molecular formula is C7H11N3. The van der Waals surface area contributed by atoms with Gasteiger partial charge in [0, 0.05) is 6.20 Å². The number of nitrogens with zero attached hydrogens (tertiary/aromatic N) is 1. The molecule has 0 saturated heterocycles. The standard InChI is InChI=1S/C7H11N3/c1-5(2)7(8)6-3-9-4-10-6/h3-4,7H,1,8H2,2H3,(H,9,10). The van der Waals surface area contributed by atoms with Gasteiger partial charge in [0.15, 0.2) is 0 Å². The monoisotopic (exact) mass is 137 g/mol. The van der Waals surface area contributed by atoms with Crippen LogP contribution in [0.5, 0.6) is 0 Å². The zero-order valence-corrected chi connectivity index (χ0v) is 5.96. The van der Waals surface area contributed by atoms with E-state index in [1.807, 2.05) is 6.92 Å². The Labute approximate surface area is 60.0 Å². The van der Waals surface area contributed by atoms with Crippen molar-refractivity contribution in [1.82, 2.24) is 9.97 Å². The molecule has 1 unspecified atom stereocenters. The Morgan fingerprint density at radius 3 is 3.00 bits per heavy atom. The predicted octanol–water partition coefficient (Wildman–Crippen LogP) is 0.986. The molecule has 3 nitrogen and oxygen atoms in total. The molecule has 10 heavy (non-hydrogen) atoms. The molecule has 0 saturated carbocycles. The molecule has 0 radical (unpaired) electrons. The molecule has 0 aromatic carbocycles. The Kier molecular flexibility index (Phi) is 1.87. The van der Waals surface area contributed by atoms with Gasteiger partial charge in [-0.3, -0.25) is 0 Å². The van der Waals surface area contributed by atoms with Crippen molar-refractivity contribution in [2.45, 2.75) is 13.0 Å². The summed E-state index contributed by atoms with van der Waals surface area (Å²) in [5.41, 5.74) is 7.56. The lowest BCUT2D eigenvalue weighted by atomic mass is 10.1. The Bertz CT molecular complexity index is 213. The number of hydrogen-bond donors (Lipinski definition) is 2. The van der Waals surface area contributed by atoms with Crippen LogP contribution < -0.4 is 5.73 Å². The SMILES string of the molecule is C=C(C)C(N)c1cnc[nH]1. The second kappa shape index (κ2) is 2.66. The quantitative estimate of drug-likeness (QED) is 0.597. The number of nitrogens with one attached hydrogen (secondary N) is 1. The summed E-state index contributed by atoms with van der Waals surface area (Å²) in [5.74, 6) is 0. The van der Waals surface area contributed by atoms with E-state index in [0.717, 1.165) is 11.3 Å². The van der Waals surface area contributed by atoms with Crippen LogP contribution in [0.15, 0.2) is 24.7 Å². The number of rotatable bonds is 2. The molecule has 0 spiro atoms. The molecular weight excluding hydrogens is 126 g/mol. The van der Waals surface area contributed by atoms with E-state index in [2.05, 4.69) is 16.5 Å². The summed E-state index contributed by atoms with van der Waals surface area (Å²) in [4.78, 5) is 6.77. The molecule has 0 amide bonds. The first-order valence-corrected chi connectivity index (χ1v) is 3.11. The molecule has 0 bridgehead atoms. The van der Waals surface area contributed by atoms with Crippen molar-refractivity contribution in [3.05, 3.63) is 30.4 Å². The predicted molar refractivity (Wildman–Crippen MR) is 40.3 cm³/mol. The van der Waals surface area contributed by atoms with Crippen LogP contribution in [0.25, 0.3) is 0 Å². The summed E-state index contributed by atoms with van der Waals surface area (Å²) in [6.07, 6.45) is 3.32. The van der Waals surface area contributed by atoms with E-state index >= 15 is 0 Å². The normalized spacial score (nSPS) is 13.0. The summed E-state index contributed by atoms with van der Waals surface area (Å²) in [6.45, 7) is 5.63. The maximum absolute atomic E-state index is 5.71. The van der Waals surface area contributed by atoms with E-state index in [9.17, 15) is 0 Å². The van der Waals surface area contributed by atoms with Crippen LogP contribution in [0.4, 0.5) is 0 Å². The first kappa shape index (κ1) is 7.02. The highest BCUT2D eigenvalue weighted by Crippen LogP contribution is 2.12. The Morgan fingerprint density at radius 1 is 1.90 bits per heavy atom. The van der Waals surface area contributed by atoms with E-state index in [1.165, 1.54) is 0 Å². The van der Waals surface area contributed by atoms with E-state index in [0.29, 0.717) is 0 Å². The highest BCUT2D eigenvalue weighted by Gasteiger charge is 2.05. The van der Waals surface area contributed by atoms with Gasteiger partial charge >= 0.3 is 0 Å². The van der Waals surface area contributed by atoms with Crippen LogP contribution in [-0.4, -0.2) is 9.97 Å². The van der Waals surface area contributed by atoms with Gasteiger partial charge in [0.25, 0.3) is 0 Å². The van der Waals surface area contributed by atoms with E-state index in [4.69, 9.17) is 5.73 Å². The summed E-state index contributed by atoms with van der Waals surface area (Å²) < 4.78 is 0. The van der Waals surface area contributed by atoms with Gasteiger partial charge in [0.2, 0.25) is 0 Å². The fourth-order valence-electron chi connectivity index (χ4n) is 0.702. The number of H-pyrrole nitrogens is 1.